The van der Waals surface area contributed by atoms with E-state index in [1.54, 1.807) is 10.9 Å². The number of aryl methyl sites for hydroxylation is 1. The van der Waals surface area contributed by atoms with Crippen molar-refractivity contribution < 1.29 is 41.7 Å². The van der Waals surface area contributed by atoms with Crippen LogP contribution in [0.15, 0.2) is 25.3 Å². The standard InChI is InChI=1S/C22H26FN9O8P2S2/c1-9-16-11(37-21(9)31-7-29-14-10(2)25-5-27-19(14)31)3-35-42(34,44)40-17-12(4-36-41(33,43)39-16)38-22(13(17)23)32-8-30-15-18(24)26-6-28-20(15)32/h5-9,11-13,16-17,21-22H,3-4H2,1-2H3,(H,33,43)(H,34,44)(H2,24,26,28)/t9-,11-,12-,13-,16+,17-,21-,22-,41?,42?/m1/s1. The fourth-order valence-corrected chi connectivity index (χ4v) is 8.54. The van der Waals surface area contributed by atoms with Crippen molar-refractivity contribution in [2.75, 3.05) is 18.9 Å². The van der Waals surface area contributed by atoms with Crippen molar-refractivity contribution in [2.24, 2.45) is 5.92 Å². The molecule has 3 fully saturated rings. The quantitative estimate of drug-likeness (QED) is 0.255. The van der Waals surface area contributed by atoms with E-state index < -0.39 is 69.0 Å². The molecule has 0 spiro atoms. The van der Waals surface area contributed by atoms with Crippen LogP contribution < -0.4 is 5.73 Å². The lowest BCUT2D eigenvalue weighted by molar-refractivity contribution is -0.0582. The van der Waals surface area contributed by atoms with Crippen molar-refractivity contribution in [2.45, 2.75) is 56.9 Å². The molecule has 7 rings (SSSR count). The monoisotopic (exact) mass is 689 g/mol. The van der Waals surface area contributed by atoms with E-state index in [0.717, 1.165) is 0 Å². The molecule has 44 heavy (non-hydrogen) atoms. The van der Waals surface area contributed by atoms with Gasteiger partial charge in [-0.1, -0.05) is 6.92 Å². The zero-order valence-electron chi connectivity index (χ0n) is 22.9. The van der Waals surface area contributed by atoms with E-state index in [-0.39, 0.29) is 23.6 Å². The van der Waals surface area contributed by atoms with Crippen molar-refractivity contribution in [1.29, 1.82) is 0 Å². The van der Waals surface area contributed by atoms with Crippen LogP contribution in [0.5, 0.6) is 0 Å². The lowest BCUT2D eigenvalue weighted by atomic mass is 10.0. The number of imidazole rings is 2. The van der Waals surface area contributed by atoms with E-state index in [0.29, 0.717) is 16.9 Å². The number of ether oxygens (including phenoxy) is 2. The molecule has 4 N–H and O–H groups in total. The number of alkyl halides is 1. The average Bonchev–Trinajstić information content (AvgIpc) is 3.73. The molecule has 236 valence electrons. The lowest BCUT2D eigenvalue weighted by Crippen LogP contribution is -2.36. The van der Waals surface area contributed by atoms with Gasteiger partial charge < -0.3 is 38.6 Å². The third kappa shape index (κ3) is 5.36. The molecular formula is C22H26FN9O8P2S2. The predicted octanol–water partition coefficient (Wildman–Crippen LogP) is 1.58. The highest BCUT2D eigenvalue weighted by atomic mass is 32.5. The first-order chi connectivity index (χ1) is 20.9. The number of hydrogen-bond donors (Lipinski definition) is 3. The van der Waals surface area contributed by atoms with Gasteiger partial charge in [0.25, 0.3) is 0 Å². The number of rotatable bonds is 2. The van der Waals surface area contributed by atoms with Crippen LogP contribution in [0.25, 0.3) is 22.3 Å². The predicted molar refractivity (Wildman–Crippen MR) is 156 cm³/mol. The van der Waals surface area contributed by atoms with Crippen molar-refractivity contribution in [3.63, 3.8) is 0 Å². The van der Waals surface area contributed by atoms with Crippen molar-refractivity contribution in [3.05, 3.63) is 31.0 Å². The smallest absolute Gasteiger partial charge is 0.325 e. The summed E-state index contributed by atoms with van der Waals surface area (Å²) in [5.74, 6) is -0.353. The maximum Gasteiger partial charge on any atom is 0.325 e. The van der Waals surface area contributed by atoms with E-state index >= 15 is 4.39 Å². The Morgan fingerprint density at radius 3 is 2.09 bits per heavy atom. The van der Waals surface area contributed by atoms with Crippen LogP contribution in [0.1, 0.15) is 25.1 Å². The Morgan fingerprint density at radius 2 is 1.39 bits per heavy atom. The van der Waals surface area contributed by atoms with Gasteiger partial charge in [-0.2, -0.15) is 0 Å². The number of nitrogens with two attached hydrogens (primary N) is 1. The molecule has 0 amide bonds. The largest absolute Gasteiger partial charge is 0.382 e. The van der Waals surface area contributed by atoms with Crippen LogP contribution in [0.4, 0.5) is 10.2 Å². The highest BCUT2D eigenvalue weighted by molar-refractivity contribution is 8.07. The number of halogens is 1. The molecule has 17 nitrogen and oxygen atoms in total. The van der Waals surface area contributed by atoms with Gasteiger partial charge in [0.2, 0.25) is 0 Å². The molecule has 3 saturated heterocycles. The van der Waals surface area contributed by atoms with Crippen molar-refractivity contribution in [3.8, 4) is 0 Å². The average molecular weight is 690 g/mol. The minimum absolute atomic E-state index is 0.0967. The first-order valence-electron chi connectivity index (χ1n) is 13.3. The van der Waals surface area contributed by atoms with Crippen LogP contribution in [0.2, 0.25) is 0 Å². The van der Waals surface area contributed by atoms with Crippen LogP contribution in [0, 0.1) is 12.8 Å². The molecule has 7 heterocycles. The lowest BCUT2D eigenvalue weighted by Gasteiger charge is -2.30. The van der Waals surface area contributed by atoms with Gasteiger partial charge in [-0.25, -0.2) is 34.3 Å². The van der Waals surface area contributed by atoms with Gasteiger partial charge in [-0.05, 0) is 30.5 Å². The zero-order valence-corrected chi connectivity index (χ0v) is 26.4. The van der Waals surface area contributed by atoms with Crippen molar-refractivity contribution >= 4 is 65.2 Å². The minimum Gasteiger partial charge on any atom is -0.382 e. The summed E-state index contributed by atoms with van der Waals surface area (Å²) in [7, 11) is 0. The molecule has 22 heteroatoms. The Hall–Kier alpha value is -2.19. The molecule has 10 atom stereocenters. The second-order valence-corrected chi connectivity index (χ2v) is 16.0. The molecule has 4 aromatic heterocycles. The topological polar surface area (TPSA) is 209 Å². The number of nitrogen functional groups attached to an aromatic ring is 1. The summed E-state index contributed by atoms with van der Waals surface area (Å²) in [6.45, 7) is -5.25. The molecule has 0 radical (unpaired) electrons. The molecule has 4 aromatic rings. The van der Waals surface area contributed by atoms with Gasteiger partial charge in [0, 0.05) is 5.92 Å². The number of fused-ring (bicyclic) bond motifs is 4. The summed E-state index contributed by atoms with van der Waals surface area (Å²) >= 11 is 10.6. The molecular weight excluding hydrogens is 663 g/mol. The maximum absolute atomic E-state index is 16.0. The van der Waals surface area contributed by atoms with Crippen LogP contribution in [0.3, 0.4) is 0 Å². The Balaban J connectivity index is 1.17. The SMILES string of the molecule is Cc1ncnc2c1ncn2[C@@H]1O[C@@H]2COP(O)(=S)O[C@H]3[C@@H](F)[C@H](n4cnc5c(N)ncnc54)O[C@@H]3COP(O)(=S)O[C@H]2[C@H]1C. The summed E-state index contributed by atoms with van der Waals surface area (Å²) in [5.41, 5.74) is 8.12. The molecule has 0 saturated carbocycles. The molecule has 3 aliphatic heterocycles. The first kappa shape index (κ1) is 30.5. The fourth-order valence-electron chi connectivity index (χ4n) is 5.59. The molecule has 3 aliphatic rings. The number of nitrogens with zero attached hydrogens (tertiary/aromatic N) is 8. The first-order valence-corrected chi connectivity index (χ1v) is 18.4. The van der Waals surface area contributed by atoms with E-state index in [1.807, 2.05) is 13.8 Å². The normalized spacial score (nSPS) is 38.3. The number of aromatic nitrogens is 8. The number of anilines is 1. The Morgan fingerprint density at radius 1 is 0.841 bits per heavy atom. The fraction of sp³-hybridized carbons (Fsp3) is 0.545. The van der Waals surface area contributed by atoms with Crippen LogP contribution >= 0.6 is 13.4 Å². The second-order valence-electron chi connectivity index (χ2n) is 10.5. The molecule has 0 aliphatic carbocycles. The van der Waals surface area contributed by atoms with Gasteiger partial charge in [-0.15, -0.1) is 0 Å². The molecule has 0 aromatic carbocycles. The van der Waals surface area contributed by atoms with E-state index in [2.05, 4.69) is 29.9 Å². The van der Waals surface area contributed by atoms with Gasteiger partial charge in [0.15, 0.2) is 29.5 Å². The van der Waals surface area contributed by atoms with E-state index in [9.17, 15) is 9.79 Å². The zero-order chi connectivity index (χ0) is 31.0. The minimum atomic E-state index is -4.10. The summed E-state index contributed by atoms with van der Waals surface area (Å²) in [4.78, 5) is 47.2. The maximum atomic E-state index is 16.0. The summed E-state index contributed by atoms with van der Waals surface area (Å²) in [6.07, 6.45) is -2.95. The summed E-state index contributed by atoms with van der Waals surface area (Å²) in [5, 5.41) is 0. The third-order valence-electron chi connectivity index (χ3n) is 7.71. The van der Waals surface area contributed by atoms with Crippen LogP contribution in [-0.4, -0.2) is 92.6 Å². The Labute approximate surface area is 258 Å². The van der Waals surface area contributed by atoms with Crippen LogP contribution in [-0.2, 0) is 51.2 Å². The van der Waals surface area contributed by atoms with Gasteiger partial charge in [0.1, 0.15) is 54.3 Å². The number of hydrogen-bond acceptors (Lipinski definition) is 15. The Kier molecular flexibility index (Phi) is 7.79. The van der Waals surface area contributed by atoms with E-state index in [1.165, 1.54) is 23.5 Å². The van der Waals surface area contributed by atoms with Gasteiger partial charge >= 0.3 is 13.4 Å². The highest BCUT2D eigenvalue weighted by Gasteiger charge is 2.52. The highest BCUT2D eigenvalue weighted by Crippen LogP contribution is 2.55. The van der Waals surface area contributed by atoms with Gasteiger partial charge in [-0.3, -0.25) is 13.7 Å². The van der Waals surface area contributed by atoms with Gasteiger partial charge in [0.05, 0.1) is 31.6 Å². The Bertz CT molecular complexity index is 1700. The van der Waals surface area contributed by atoms with E-state index in [4.69, 9.17) is 56.9 Å². The summed E-state index contributed by atoms with van der Waals surface area (Å²) < 4.78 is 54.2. The molecule has 2 unspecified atom stereocenters. The third-order valence-corrected chi connectivity index (χ3v) is 10.8. The molecule has 0 bridgehead atoms. The van der Waals surface area contributed by atoms with Crippen molar-refractivity contribution in [1.82, 2.24) is 39.0 Å². The summed E-state index contributed by atoms with van der Waals surface area (Å²) in [6, 6.07) is 0. The second kappa shape index (κ2) is 11.3.